The molecule has 1 N–H and O–H groups in total. The van der Waals surface area contributed by atoms with Gasteiger partial charge in [0.15, 0.2) is 0 Å². The van der Waals surface area contributed by atoms with Crippen molar-refractivity contribution in [3.05, 3.63) is 106 Å². The van der Waals surface area contributed by atoms with Gasteiger partial charge in [-0.05, 0) is 71.6 Å². The molecule has 0 saturated carbocycles. The summed E-state index contributed by atoms with van der Waals surface area (Å²) in [6.45, 7) is 0. The average molecular weight is 387 g/mol. The van der Waals surface area contributed by atoms with E-state index in [1.807, 2.05) is 79.0 Å². The van der Waals surface area contributed by atoms with Crippen LogP contribution < -0.4 is 5.56 Å². The molecular weight excluding hydrogens is 370 g/mol. The van der Waals surface area contributed by atoms with Crippen molar-refractivity contribution in [3.8, 4) is 18.0 Å². The molecular formula is C26H17N3O. The van der Waals surface area contributed by atoms with E-state index < -0.39 is 0 Å². The SMILES string of the molecule is C#Cc1ccc(-n2c(/C=C/c3ccc4[nH]ccc4c3)nc3ccccc3c2=O)cc1. The third-order valence-corrected chi connectivity index (χ3v) is 5.10. The lowest BCUT2D eigenvalue weighted by atomic mass is 10.1. The van der Waals surface area contributed by atoms with E-state index in [0.29, 0.717) is 16.7 Å². The van der Waals surface area contributed by atoms with Crippen LogP contribution in [0.5, 0.6) is 0 Å². The third-order valence-electron chi connectivity index (χ3n) is 5.10. The van der Waals surface area contributed by atoms with Crippen LogP contribution in [0.3, 0.4) is 0 Å². The van der Waals surface area contributed by atoms with Crippen LogP contribution >= 0.6 is 0 Å². The maximum absolute atomic E-state index is 13.3. The van der Waals surface area contributed by atoms with Crippen molar-refractivity contribution in [1.82, 2.24) is 14.5 Å². The molecule has 0 aliphatic carbocycles. The van der Waals surface area contributed by atoms with Gasteiger partial charge in [-0.15, -0.1) is 6.42 Å². The molecule has 0 aliphatic rings. The summed E-state index contributed by atoms with van der Waals surface area (Å²) in [7, 11) is 0. The number of benzene rings is 3. The summed E-state index contributed by atoms with van der Waals surface area (Å²) in [5, 5.41) is 1.70. The molecule has 0 aliphatic heterocycles. The first-order chi connectivity index (χ1) is 14.7. The van der Waals surface area contributed by atoms with Gasteiger partial charge >= 0.3 is 0 Å². The Balaban J connectivity index is 1.69. The van der Waals surface area contributed by atoms with E-state index in [0.717, 1.165) is 27.7 Å². The van der Waals surface area contributed by atoms with Gasteiger partial charge in [-0.25, -0.2) is 4.98 Å². The molecule has 0 atom stereocenters. The van der Waals surface area contributed by atoms with Gasteiger partial charge in [0.2, 0.25) is 0 Å². The Labute approximate surface area is 173 Å². The molecule has 3 aromatic carbocycles. The second-order valence-electron chi connectivity index (χ2n) is 6.98. The number of H-pyrrole nitrogens is 1. The topological polar surface area (TPSA) is 50.7 Å². The zero-order chi connectivity index (χ0) is 20.5. The van der Waals surface area contributed by atoms with E-state index in [1.165, 1.54) is 0 Å². The molecule has 0 saturated heterocycles. The highest BCUT2D eigenvalue weighted by Crippen LogP contribution is 2.18. The first-order valence-corrected chi connectivity index (χ1v) is 9.57. The van der Waals surface area contributed by atoms with E-state index in [2.05, 4.69) is 17.0 Å². The summed E-state index contributed by atoms with van der Waals surface area (Å²) in [6, 6.07) is 22.9. The Morgan fingerprint density at radius 3 is 2.63 bits per heavy atom. The lowest BCUT2D eigenvalue weighted by molar-refractivity contribution is 0.944. The van der Waals surface area contributed by atoms with Gasteiger partial charge in [0.05, 0.1) is 16.6 Å². The minimum atomic E-state index is -0.116. The van der Waals surface area contributed by atoms with Crippen molar-refractivity contribution < 1.29 is 0 Å². The van der Waals surface area contributed by atoms with Crippen molar-refractivity contribution >= 4 is 34.0 Å². The van der Waals surface area contributed by atoms with E-state index in [9.17, 15) is 4.79 Å². The van der Waals surface area contributed by atoms with E-state index in [4.69, 9.17) is 11.4 Å². The number of fused-ring (bicyclic) bond motifs is 2. The van der Waals surface area contributed by atoms with Gasteiger partial charge in [-0.2, -0.15) is 0 Å². The van der Waals surface area contributed by atoms with Crippen molar-refractivity contribution in [2.75, 3.05) is 0 Å². The number of aromatic amines is 1. The number of nitrogens with zero attached hydrogens (tertiary/aromatic N) is 2. The molecule has 0 amide bonds. The first kappa shape index (κ1) is 17.7. The van der Waals surface area contributed by atoms with E-state index >= 15 is 0 Å². The molecule has 142 valence electrons. The van der Waals surface area contributed by atoms with Crippen molar-refractivity contribution in [2.45, 2.75) is 0 Å². The summed E-state index contributed by atoms with van der Waals surface area (Å²) in [4.78, 5) is 21.2. The molecule has 2 aromatic heterocycles. The Morgan fingerprint density at radius 2 is 1.80 bits per heavy atom. The quantitative estimate of drug-likeness (QED) is 0.442. The van der Waals surface area contributed by atoms with Crippen LogP contribution in [-0.4, -0.2) is 14.5 Å². The molecule has 0 bridgehead atoms. The van der Waals surface area contributed by atoms with Crippen molar-refractivity contribution in [3.63, 3.8) is 0 Å². The second-order valence-corrected chi connectivity index (χ2v) is 6.98. The maximum atomic E-state index is 13.3. The van der Waals surface area contributed by atoms with Gasteiger partial charge in [0, 0.05) is 17.3 Å². The van der Waals surface area contributed by atoms with Gasteiger partial charge in [-0.1, -0.05) is 30.2 Å². The van der Waals surface area contributed by atoms with E-state index in [-0.39, 0.29) is 5.56 Å². The Hall–Kier alpha value is -4.36. The van der Waals surface area contributed by atoms with Gasteiger partial charge in [-0.3, -0.25) is 9.36 Å². The maximum Gasteiger partial charge on any atom is 0.266 e. The number of rotatable bonds is 3. The van der Waals surface area contributed by atoms with Crippen LogP contribution in [0.25, 0.3) is 39.6 Å². The third kappa shape index (κ3) is 3.09. The van der Waals surface area contributed by atoms with Crippen LogP contribution in [0.15, 0.2) is 83.8 Å². The summed E-state index contributed by atoms with van der Waals surface area (Å²) >= 11 is 0. The van der Waals surface area contributed by atoms with Gasteiger partial charge in [0.25, 0.3) is 5.56 Å². The zero-order valence-electron chi connectivity index (χ0n) is 16.0. The zero-order valence-corrected chi connectivity index (χ0v) is 16.0. The fourth-order valence-electron chi connectivity index (χ4n) is 3.56. The van der Waals surface area contributed by atoms with Crippen molar-refractivity contribution in [2.24, 2.45) is 0 Å². The molecule has 4 heteroatoms. The highest BCUT2D eigenvalue weighted by Gasteiger charge is 2.11. The predicted octanol–water partition coefficient (Wildman–Crippen LogP) is 5.02. The Morgan fingerprint density at radius 1 is 0.967 bits per heavy atom. The minimum Gasteiger partial charge on any atom is -0.361 e. The number of nitrogens with one attached hydrogen (secondary N) is 1. The Bertz CT molecular complexity index is 1510. The molecule has 0 radical (unpaired) electrons. The molecule has 0 unspecified atom stereocenters. The first-order valence-electron chi connectivity index (χ1n) is 9.57. The molecule has 5 rings (SSSR count). The van der Waals surface area contributed by atoms with Gasteiger partial charge < -0.3 is 4.98 Å². The normalized spacial score (nSPS) is 11.3. The monoisotopic (exact) mass is 387 g/mol. The number of hydrogen-bond donors (Lipinski definition) is 1. The predicted molar refractivity (Wildman–Crippen MR) is 123 cm³/mol. The smallest absolute Gasteiger partial charge is 0.266 e. The van der Waals surface area contributed by atoms with Crippen LogP contribution in [0.4, 0.5) is 0 Å². The molecule has 5 aromatic rings. The van der Waals surface area contributed by atoms with Crippen LogP contribution in [0.1, 0.15) is 17.0 Å². The van der Waals surface area contributed by atoms with Gasteiger partial charge in [0.1, 0.15) is 5.82 Å². The van der Waals surface area contributed by atoms with E-state index in [1.54, 1.807) is 10.6 Å². The minimum absolute atomic E-state index is 0.116. The van der Waals surface area contributed by atoms with Crippen LogP contribution in [0.2, 0.25) is 0 Å². The standard InChI is InChI=1S/C26H17N3O/c1-2-18-7-11-21(12-8-18)29-25(28-24-6-4-3-5-22(24)26(29)30)14-10-19-9-13-23-20(17-19)15-16-27-23/h1,3-17,27H/b14-10+. The number of para-hydroxylation sites is 1. The number of hydrogen-bond acceptors (Lipinski definition) is 2. The lowest BCUT2D eigenvalue weighted by Gasteiger charge is -2.11. The van der Waals surface area contributed by atoms with Crippen LogP contribution in [-0.2, 0) is 0 Å². The number of terminal acetylenes is 1. The molecule has 0 spiro atoms. The summed E-state index contributed by atoms with van der Waals surface area (Å²) in [6.07, 6.45) is 11.2. The Kier molecular flexibility index (Phi) is 4.27. The number of aromatic nitrogens is 3. The summed E-state index contributed by atoms with van der Waals surface area (Å²) in [5.41, 5.74) is 4.14. The fourth-order valence-corrected chi connectivity index (χ4v) is 3.56. The second kappa shape index (κ2) is 7.23. The highest BCUT2D eigenvalue weighted by atomic mass is 16.1. The summed E-state index contributed by atoms with van der Waals surface area (Å²) < 4.78 is 1.62. The van der Waals surface area contributed by atoms with Crippen molar-refractivity contribution in [1.29, 1.82) is 0 Å². The van der Waals surface area contributed by atoms with Crippen LogP contribution in [0, 0.1) is 12.3 Å². The fraction of sp³-hybridized carbons (Fsp3) is 0. The molecule has 30 heavy (non-hydrogen) atoms. The average Bonchev–Trinajstić information content (AvgIpc) is 3.26. The summed E-state index contributed by atoms with van der Waals surface area (Å²) in [5.74, 6) is 3.16. The largest absolute Gasteiger partial charge is 0.361 e. The molecule has 0 fully saturated rings. The lowest BCUT2D eigenvalue weighted by Crippen LogP contribution is -2.22. The highest BCUT2D eigenvalue weighted by molar-refractivity contribution is 5.84. The molecule has 4 nitrogen and oxygen atoms in total. The molecule has 2 heterocycles.